The highest BCUT2D eigenvalue weighted by atomic mass is 16.6. The summed E-state index contributed by atoms with van der Waals surface area (Å²) in [6.07, 6.45) is 1.82. The lowest BCUT2D eigenvalue weighted by atomic mass is 9.63. The van der Waals surface area contributed by atoms with Crippen molar-refractivity contribution in [2.75, 3.05) is 39.3 Å². The summed E-state index contributed by atoms with van der Waals surface area (Å²) in [7, 11) is 0. The van der Waals surface area contributed by atoms with Crippen molar-refractivity contribution in [1.29, 1.82) is 0 Å². The maximum absolute atomic E-state index is 13.0. The van der Waals surface area contributed by atoms with Gasteiger partial charge in [-0.15, -0.1) is 0 Å². The van der Waals surface area contributed by atoms with Gasteiger partial charge in [-0.3, -0.25) is 9.69 Å². The predicted molar refractivity (Wildman–Crippen MR) is 117 cm³/mol. The fourth-order valence-corrected chi connectivity index (χ4v) is 4.52. The van der Waals surface area contributed by atoms with Crippen LogP contribution in [0.2, 0.25) is 0 Å². The van der Waals surface area contributed by atoms with Crippen LogP contribution in [0.3, 0.4) is 0 Å². The number of hydrogen-bond donors (Lipinski definition) is 0. The number of urea groups is 1. The second kappa shape index (κ2) is 8.96. The van der Waals surface area contributed by atoms with E-state index in [2.05, 4.69) is 20.8 Å². The largest absolute Gasteiger partial charge is 0.444 e. The zero-order valence-electron chi connectivity index (χ0n) is 20.0. The van der Waals surface area contributed by atoms with Gasteiger partial charge in [-0.2, -0.15) is 0 Å². The van der Waals surface area contributed by atoms with Crippen LogP contribution >= 0.6 is 0 Å². The van der Waals surface area contributed by atoms with Crippen molar-refractivity contribution in [3.8, 4) is 0 Å². The van der Waals surface area contributed by atoms with E-state index >= 15 is 0 Å². The minimum Gasteiger partial charge on any atom is -0.444 e. The third-order valence-electron chi connectivity index (χ3n) is 6.51. The van der Waals surface area contributed by atoms with Gasteiger partial charge in [-0.25, -0.2) is 9.59 Å². The van der Waals surface area contributed by atoms with Crippen molar-refractivity contribution >= 4 is 18.0 Å². The highest BCUT2D eigenvalue weighted by Gasteiger charge is 2.41. The van der Waals surface area contributed by atoms with Crippen molar-refractivity contribution in [1.82, 2.24) is 14.7 Å². The molecule has 2 heterocycles. The van der Waals surface area contributed by atoms with Crippen LogP contribution in [0.1, 0.15) is 60.8 Å². The average Bonchev–Trinajstić information content (AvgIpc) is 2.60. The molecule has 0 N–H and O–H groups in total. The monoisotopic (exact) mass is 437 g/mol. The number of carbonyl (C=O) groups is 3. The van der Waals surface area contributed by atoms with E-state index in [0.29, 0.717) is 56.5 Å². The molecular formula is C23H39N3O5. The van der Waals surface area contributed by atoms with Crippen LogP contribution in [0.15, 0.2) is 0 Å². The first kappa shape index (κ1) is 23.8. The van der Waals surface area contributed by atoms with Crippen LogP contribution in [0.25, 0.3) is 0 Å². The molecule has 2 saturated heterocycles. The minimum atomic E-state index is -0.572. The summed E-state index contributed by atoms with van der Waals surface area (Å²) in [5.41, 5.74) is -0.263. The summed E-state index contributed by atoms with van der Waals surface area (Å²) in [6, 6.07) is -0.228. The molecule has 8 nitrogen and oxygen atoms in total. The van der Waals surface area contributed by atoms with E-state index in [0.717, 1.165) is 12.8 Å². The molecule has 0 aromatic rings. The van der Waals surface area contributed by atoms with E-state index < -0.39 is 17.8 Å². The number of rotatable bonds is 4. The molecule has 31 heavy (non-hydrogen) atoms. The van der Waals surface area contributed by atoms with Crippen LogP contribution in [0.5, 0.6) is 0 Å². The van der Waals surface area contributed by atoms with E-state index in [9.17, 15) is 14.4 Å². The summed E-state index contributed by atoms with van der Waals surface area (Å²) >= 11 is 0. The Morgan fingerprint density at radius 3 is 2.35 bits per heavy atom. The first-order valence-electron chi connectivity index (χ1n) is 11.5. The molecule has 0 spiro atoms. The molecule has 0 aromatic carbocycles. The number of amides is 4. The molecule has 1 aliphatic carbocycles. The molecule has 1 saturated carbocycles. The van der Waals surface area contributed by atoms with Gasteiger partial charge in [0.05, 0.1) is 25.8 Å². The highest BCUT2D eigenvalue weighted by molar-refractivity contribution is 5.96. The highest BCUT2D eigenvalue weighted by Crippen LogP contribution is 2.45. The maximum atomic E-state index is 13.0. The van der Waals surface area contributed by atoms with Crippen molar-refractivity contribution < 1.29 is 23.9 Å². The molecule has 0 bridgehead atoms. The lowest BCUT2D eigenvalue weighted by Gasteiger charge is -2.46. The van der Waals surface area contributed by atoms with Crippen LogP contribution < -0.4 is 0 Å². The third-order valence-corrected chi connectivity index (χ3v) is 6.51. The first-order chi connectivity index (χ1) is 14.3. The molecule has 3 fully saturated rings. The molecule has 1 atom stereocenters. The molecule has 2 aliphatic heterocycles. The van der Waals surface area contributed by atoms with E-state index in [4.69, 9.17) is 9.47 Å². The smallest absolute Gasteiger partial charge is 0.410 e. The molecular weight excluding hydrogens is 398 g/mol. The SMILES string of the molecule is CC(C)(C)OC(=O)N1CCOC(CN2C(=O)CCN(CC3CC(C(C)(C)C)C3)C2=O)C1. The zero-order chi connectivity index (χ0) is 23.0. The van der Waals surface area contributed by atoms with Gasteiger partial charge in [-0.05, 0) is 50.9 Å². The topological polar surface area (TPSA) is 79.4 Å². The number of morpholine rings is 1. The van der Waals surface area contributed by atoms with Crippen molar-refractivity contribution in [3.63, 3.8) is 0 Å². The number of carbonyl (C=O) groups excluding carboxylic acids is 3. The fraction of sp³-hybridized carbons (Fsp3) is 0.870. The van der Waals surface area contributed by atoms with E-state index in [-0.39, 0.29) is 18.5 Å². The van der Waals surface area contributed by atoms with Gasteiger partial charge in [0.15, 0.2) is 0 Å². The Labute approximate surface area is 186 Å². The number of ether oxygens (including phenoxy) is 2. The Balaban J connectivity index is 1.53. The molecule has 3 aliphatic rings. The summed E-state index contributed by atoms with van der Waals surface area (Å²) in [5.74, 6) is 1.04. The standard InChI is InChI=1S/C23H39N3O5/c1-22(2,3)17-11-16(12-17)13-24-8-7-19(27)26(20(24)28)15-18-14-25(9-10-30-18)21(29)31-23(4,5)6/h16-18H,7-15H2,1-6H3. The van der Waals surface area contributed by atoms with Gasteiger partial charge in [0.1, 0.15) is 5.60 Å². The Hall–Kier alpha value is -1.83. The lowest BCUT2D eigenvalue weighted by molar-refractivity contribution is -0.134. The molecule has 0 aromatic heterocycles. The molecule has 4 amide bonds. The normalized spacial score (nSPS) is 27.9. The minimum absolute atomic E-state index is 0.166. The predicted octanol–water partition coefficient (Wildman–Crippen LogP) is 3.35. The second-order valence-corrected chi connectivity index (χ2v) is 11.3. The quantitative estimate of drug-likeness (QED) is 0.674. The van der Waals surface area contributed by atoms with E-state index in [1.165, 1.54) is 4.90 Å². The average molecular weight is 438 g/mol. The number of nitrogens with zero attached hydrogens (tertiary/aromatic N) is 3. The molecule has 3 rings (SSSR count). The molecule has 8 heteroatoms. The van der Waals surface area contributed by atoms with Crippen molar-refractivity contribution in [3.05, 3.63) is 0 Å². The summed E-state index contributed by atoms with van der Waals surface area (Å²) in [4.78, 5) is 42.6. The fourth-order valence-electron chi connectivity index (χ4n) is 4.52. The molecule has 176 valence electrons. The van der Waals surface area contributed by atoms with Gasteiger partial charge in [0, 0.05) is 26.1 Å². The van der Waals surface area contributed by atoms with E-state index in [1.54, 1.807) is 4.90 Å². The third kappa shape index (κ3) is 6.11. The van der Waals surface area contributed by atoms with Crippen LogP contribution in [0.4, 0.5) is 9.59 Å². The van der Waals surface area contributed by atoms with Crippen LogP contribution in [0, 0.1) is 17.3 Å². The summed E-state index contributed by atoms with van der Waals surface area (Å²) < 4.78 is 11.2. The van der Waals surface area contributed by atoms with Crippen LogP contribution in [-0.2, 0) is 14.3 Å². The first-order valence-corrected chi connectivity index (χ1v) is 11.5. The van der Waals surface area contributed by atoms with E-state index in [1.807, 2.05) is 25.7 Å². The Bertz CT molecular complexity index is 690. The van der Waals surface area contributed by atoms with Gasteiger partial charge in [0.2, 0.25) is 5.91 Å². The Morgan fingerprint density at radius 2 is 1.74 bits per heavy atom. The molecule has 1 unspecified atom stereocenters. The van der Waals surface area contributed by atoms with Gasteiger partial charge < -0.3 is 19.3 Å². The molecule has 0 radical (unpaired) electrons. The van der Waals surface area contributed by atoms with Gasteiger partial charge >= 0.3 is 12.1 Å². The second-order valence-electron chi connectivity index (χ2n) is 11.3. The Morgan fingerprint density at radius 1 is 1.06 bits per heavy atom. The zero-order valence-corrected chi connectivity index (χ0v) is 20.0. The summed E-state index contributed by atoms with van der Waals surface area (Å²) in [6.45, 7) is 14.8. The summed E-state index contributed by atoms with van der Waals surface area (Å²) in [5, 5.41) is 0. The maximum Gasteiger partial charge on any atom is 0.410 e. The lowest BCUT2D eigenvalue weighted by Crippen LogP contribution is -2.58. The number of hydrogen-bond acceptors (Lipinski definition) is 5. The van der Waals surface area contributed by atoms with Crippen molar-refractivity contribution in [2.24, 2.45) is 17.3 Å². The van der Waals surface area contributed by atoms with Gasteiger partial charge in [0.25, 0.3) is 0 Å². The van der Waals surface area contributed by atoms with Crippen molar-refractivity contribution in [2.45, 2.75) is 72.5 Å². The van der Waals surface area contributed by atoms with Gasteiger partial charge in [-0.1, -0.05) is 20.8 Å². The van der Waals surface area contributed by atoms with Crippen LogP contribution in [-0.4, -0.2) is 83.8 Å². The number of imide groups is 1. The Kier molecular flexibility index (Phi) is 6.89.